The molecular weight excluding hydrogens is 409 g/mol. The van der Waals surface area contributed by atoms with Crippen molar-refractivity contribution in [2.24, 2.45) is 5.92 Å². The molecular formula is C21H23ClFN5O2. The summed E-state index contributed by atoms with van der Waals surface area (Å²) in [5.41, 5.74) is 7.83. The number of nitrogens with zero attached hydrogens (tertiary/aromatic N) is 2. The molecule has 2 saturated heterocycles. The van der Waals surface area contributed by atoms with Crippen LogP contribution in [0.4, 0.5) is 10.1 Å². The predicted molar refractivity (Wildman–Crippen MR) is 111 cm³/mol. The second-order valence-corrected chi connectivity index (χ2v) is 8.03. The van der Waals surface area contributed by atoms with Crippen molar-refractivity contribution in [3.8, 4) is 0 Å². The standard InChI is InChI=1S/C21H23ClFN5O2/c22-16-11-15(1-2-17(16)23)25-20(29)14-5-9-28(10-6-14)21(30)19-12-18(26-27-19)13-3-7-24-8-4-13/h1-4,7-8,11,14,18-19,26-27H,5-6,9-10,12H2,(H,25,29). The topological polar surface area (TPSA) is 86.4 Å². The van der Waals surface area contributed by atoms with Gasteiger partial charge in [-0.1, -0.05) is 11.6 Å². The van der Waals surface area contributed by atoms with Crippen LogP contribution in [0, 0.1) is 11.7 Å². The van der Waals surface area contributed by atoms with Gasteiger partial charge < -0.3 is 10.2 Å². The first kappa shape index (κ1) is 20.7. The second kappa shape index (κ2) is 9.07. The summed E-state index contributed by atoms with van der Waals surface area (Å²) in [5.74, 6) is -0.814. The Morgan fingerprint density at radius 2 is 1.87 bits per heavy atom. The van der Waals surface area contributed by atoms with Gasteiger partial charge in [0.25, 0.3) is 0 Å². The molecule has 0 aliphatic carbocycles. The van der Waals surface area contributed by atoms with Crippen LogP contribution in [0.1, 0.15) is 30.9 Å². The number of nitrogens with one attached hydrogen (secondary N) is 3. The number of amides is 2. The van der Waals surface area contributed by atoms with Crippen molar-refractivity contribution in [1.29, 1.82) is 0 Å². The van der Waals surface area contributed by atoms with E-state index in [-0.39, 0.29) is 34.8 Å². The number of hydrogen-bond acceptors (Lipinski definition) is 5. The number of pyridine rings is 1. The first-order valence-corrected chi connectivity index (χ1v) is 10.3. The molecule has 9 heteroatoms. The summed E-state index contributed by atoms with van der Waals surface area (Å²) in [6.07, 6.45) is 5.30. The fraction of sp³-hybridized carbons (Fsp3) is 0.381. The van der Waals surface area contributed by atoms with E-state index in [4.69, 9.17) is 11.6 Å². The molecule has 2 aliphatic heterocycles. The fourth-order valence-corrected chi connectivity index (χ4v) is 4.11. The summed E-state index contributed by atoms with van der Waals surface area (Å²) >= 11 is 5.76. The van der Waals surface area contributed by atoms with Crippen LogP contribution in [-0.2, 0) is 9.59 Å². The number of hydrazine groups is 1. The maximum Gasteiger partial charge on any atom is 0.241 e. The van der Waals surface area contributed by atoms with Gasteiger partial charge in [0.1, 0.15) is 11.9 Å². The van der Waals surface area contributed by atoms with Crippen LogP contribution < -0.4 is 16.2 Å². The Kier molecular flexibility index (Phi) is 6.26. The largest absolute Gasteiger partial charge is 0.341 e. The summed E-state index contributed by atoms with van der Waals surface area (Å²) in [7, 11) is 0. The minimum absolute atomic E-state index is 0.0315. The molecule has 2 atom stereocenters. The Morgan fingerprint density at radius 3 is 2.57 bits per heavy atom. The second-order valence-electron chi connectivity index (χ2n) is 7.63. The Labute approximate surface area is 179 Å². The SMILES string of the molecule is O=C(Nc1ccc(F)c(Cl)c1)C1CCN(C(=O)C2CC(c3ccncc3)NN2)CC1. The van der Waals surface area contributed by atoms with Crippen molar-refractivity contribution in [2.45, 2.75) is 31.3 Å². The lowest BCUT2D eigenvalue weighted by Crippen LogP contribution is -2.49. The van der Waals surface area contributed by atoms with Gasteiger partial charge in [-0.15, -0.1) is 0 Å². The van der Waals surface area contributed by atoms with Gasteiger partial charge in [0, 0.05) is 43.1 Å². The van der Waals surface area contributed by atoms with E-state index >= 15 is 0 Å². The molecule has 0 saturated carbocycles. The summed E-state index contributed by atoms with van der Waals surface area (Å²) in [6.45, 7) is 1.05. The number of anilines is 1. The Balaban J connectivity index is 1.27. The molecule has 2 aliphatic rings. The van der Waals surface area contributed by atoms with E-state index in [1.54, 1.807) is 12.4 Å². The molecule has 0 radical (unpaired) electrons. The number of hydrogen-bond donors (Lipinski definition) is 3. The van der Waals surface area contributed by atoms with Gasteiger partial charge in [0.05, 0.1) is 5.02 Å². The van der Waals surface area contributed by atoms with Crippen molar-refractivity contribution < 1.29 is 14.0 Å². The summed E-state index contributed by atoms with van der Waals surface area (Å²) in [4.78, 5) is 31.2. The zero-order chi connectivity index (χ0) is 21.1. The van der Waals surface area contributed by atoms with Crippen LogP contribution in [0.3, 0.4) is 0 Å². The quantitative estimate of drug-likeness (QED) is 0.693. The molecule has 3 N–H and O–H groups in total. The van der Waals surface area contributed by atoms with Crippen LogP contribution in [-0.4, -0.2) is 40.8 Å². The van der Waals surface area contributed by atoms with Gasteiger partial charge in [0.2, 0.25) is 11.8 Å². The van der Waals surface area contributed by atoms with Crippen molar-refractivity contribution in [3.63, 3.8) is 0 Å². The van der Waals surface area contributed by atoms with Crippen molar-refractivity contribution in [2.75, 3.05) is 18.4 Å². The van der Waals surface area contributed by atoms with Gasteiger partial charge in [-0.25, -0.2) is 15.2 Å². The van der Waals surface area contributed by atoms with Crippen LogP contribution in [0.25, 0.3) is 0 Å². The van der Waals surface area contributed by atoms with E-state index < -0.39 is 5.82 Å². The normalized spacial score (nSPS) is 22.1. The molecule has 158 valence electrons. The lowest BCUT2D eigenvalue weighted by Gasteiger charge is -2.32. The van der Waals surface area contributed by atoms with E-state index in [0.717, 1.165) is 5.56 Å². The highest BCUT2D eigenvalue weighted by molar-refractivity contribution is 6.31. The molecule has 7 nitrogen and oxygen atoms in total. The number of carbonyl (C=O) groups is 2. The minimum atomic E-state index is -0.525. The smallest absolute Gasteiger partial charge is 0.241 e. The lowest BCUT2D eigenvalue weighted by molar-refractivity contribution is -0.136. The average Bonchev–Trinajstić information content (AvgIpc) is 3.27. The van der Waals surface area contributed by atoms with Crippen LogP contribution in [0.2, 0.25) is 5.02 Å². The van der Waals surface area contributed by atoms with Gasteiger partial charge in [0.15, 0.2) is 0 Å². The van der Waals surface area contributed by atoms with E-state index in [0.29, 0.717) is 38.0 Å². The summed E-state index contributed by atoms with van der Waals surface area (Å²) in [5, 5.41) is 2.75. The molecule has 3 heterocycles. The molecule has 2 amide bonds. The molecule has 4 rings (SSSR count). The monoisotopic (exact) mass is 431 g/mol. The van der Waals surface area contributed by atoms with Crippen LogP contribution >= 0.6 is 11.6 Å². The average molecular weight is 432 g/mol. The molecule has 2 fully saturated rings. The van der Waals surface area contributed by atoms with E-state index in [2.05, 4.69) is 21.2 Å². The van der Waals surface area contributed by atoms with E-state index in [1.165, 1.54) is 18.2 Å². The number of rotatable bonds is 4. The molecule has 2 unspecified atom stereocenters. The molecule has 0 bridgehead atoms. The molecule has 2 aromatic rings. The fourth-order valence-electron chi connectivity index (χ4n) is 3.93. The minimum Gasteiger partial charge on any atom is -0.341 e. The molecule has 0 spiro atoms. The first-order valence-electron chi connectivity index (χ1n) is 9.97. The molecule has 1 aromatic carbocycles. The third-order valence-electron chi connectivity index (χ3n) is 5.67. The van der Waals surface area contributed by atoms with Crippen molar-refractivity contribution in [1.82, 2.24) is 20.7 Å². The number of carbonyl (C=O) groups excluding carboxylic acids is 2. The van der Waals surface area contributed by atoms with Crippen molar-refractivity contribution >= 4 is 29.1 Å². The first-order chi connectivity index (χ1) is 14.5. The van der Waals surface area contributed by atoms with Crippen LogP contribution in [0.5, 0.6) is 0 Å². The lowest BCUT2D eigenvalue weighted by atomic mass is 9.94. The summed E-state index contributed by atoms with van der Waals surface area (Å²) in [6, 6.07) is 7.74. The highest BCUT2D eigenvalue weighted by Crippen LogP contribution is 2.26. The van der Waals surface area contributed by atoms with Gasteiger partial charge >= 0.3 is 0 Å². The number of halogens is 2. The van der Waals surface area contributed by atoms with Gasteiger partial charge in [-0.3, -0.25) is 14.6 Å². The van der Waals surface area contributed by atoms with Gasteiger partial charge in [-0.2, -0.15) is 0 Å². The third-order valence-corrected chi connectivity index (χ3v) is 5.96. The Bertz CT molecular complexity index is 921. The third kappa shape index (κ3) is 4.61. The number of benzene rings is 1. The maximum absolute atomic E-state index is 13.3. The maximum atomic E-state index is 13.3. The highest BCUT2D eigenvalue weighted by atomic mass is 35.5. The van der Waals surface area contributed by atoms with Crippen molar-refractivity contribution in [3.05, 3.63) is 59.1 Å². The Hall–Kier alpha value is -2.55. The van der Waals surface area contributed by atoms with E-state index in [9.17, 15) is 14.0 Å². The predicted octanol–water partition coefficient (Wildman–Crippen LogP) is 2.66. The van der Waals surface area contributed by atoms with E-state index in [1.807, 2.05) is 17.0 Å². The Morgan fingerprint density at radius 1 is 1.13 bits per heavy atom. The number of aromatic nitrogens is 1. The molecule has 30 heavy (non-hydrogen) atoms. The molecule has 1 aromatic heterocycles. The number of piperidine rings is 1. The van der Waals surface area contributed by atoms with Crippen LogP contribution in [0.15, 0.2) is 42.7 Å². The van der Waals surface area contributed by atoms with Gasteiger partial charge in [-0.05, 0) is 55.2 Å². The highest BCUT2D eigenvalue weighted by Gasteiger charge is 2.35. The zero-order valence-corrected chi connectivity index (χ0v) is 17.0. The summed E-state index contributed by atoms with van der Waals surface area (Å²) < 4.78 is 13.3. The number of likely N-dealkylation sites (tertiary alicyclic amines) is 1. The zero-order valence-electron chi connectivity index (χ0n) is 16.3.